The lowest BCUT2D eigenvalue weighted by Gasteiger charge is -2.55. The zero-order valence-electron chi connectivity index (χ0n) is 21.7. The highest BCUT2D eigenvalue weighted by Gasteiger charge is 2.59. The molecule has 0 saturated heterocycles. The number of rotatable bonds is 8. The van der Waals surface area contributed by atoms with Crippen molar-refractivity contribution >= 4 is 17.7 Å². The lowest BCUT2D eigenvalue weighted by molar-refractivity contribution is -0.153. The van der Waals surface area contributed by atoms with Gasteiger partial charge in [0.2, 0.25) is 0 Å². The molecule has 7 atom stereocenters. The second-order valence-electron chi connectivity index (χ2n) is 12.2. The summed E-state index contributed by atoms with van der Waals surface area (Å²) in [5.74, 6) is 0.885. The van der Waals surface area contributed by atoms with Gasteiger partial charge in [-0.2, -0.15) is 0 Å². The highest BCUT2D eigenvalue weighted by atomic mass is 16.5. The molecular weight excluding hydrogens is 416 g/mol. The van der Waals surface area contributed by atoms with E-state index in [1.54, 1.807) is 0 Å². The first-order chi connectivity index (χ1) is 15.4. The minimum atomic E-state index is -0.715. The third kappa shape index (κ3) is 5.17. The quantitative estimate of drug-likeness (QED) is 0.429. The van der Waals surface area contributed by atoms with Gasteiger partial charge in [0.15, 0.2) is 0 Å². The second-order valence-corrected chi connectivity index (χ2v) is 12.2. The maximum absolute atomic E-state index is 13.9. The number of carbonyl (C=O) groups is 3. The molecule has 0 bridgehead atoms. The standard InChI is InChI=1S/C28H46O5/c1-7-17(2)26(32)25-22(27(5)13-10-20(11-14-27)33-19(4)29)12-15-28(6)21(8-9-23(25)28)18(3)16-24(30)31/h17-18,20-23,25H,7-16H2,1-6H3,(H,30,31)/t17-,18+,20-,21+,22?,23?,25?,27+,28+/m0/s1. The molecule has 188 valence electrons. The van der Waals surface area contributed by atoms with Crippen LogP contribution in [-0.2, 0) is 19.1 Å². The van der Waals surface area contributed by atoms with E-state index in [0.717, 1.165) is 57.8 Å². The molecule has 0 heterocycles. The van der Waals surface area contributed by atoms with E-state index in [1.807, 2.05) is 0 Å². The van der Waals surface area contributed by atoms with Crippen LogP contribution in [0.4, 0.5) is 0 Å². The average molecular weight is 463 g/mol. The number of esters is 1. The smallest absolute Gasteiger partial charge is 0.303 e. The first-order valence-corrected chi connectivity index (χ1v) is 13.4. The molecule has 3 unspecified atom stereocenters. The van der Waals surface area contributed by atoms with Crippen molar-refractivity contribution in [1.82, 2.24) is 0 Å². The first-order valence-electron chi connectivity index (χ1n) is 13.4. The molecule has 0 aliphatic heterocycles. The monoisotopic (exact) mass is 462 g/mol. The molecule has 3 fully saturated rings. The van der Waals surface area contributed by atoms with Gasteiger partial charge in [-0.05, 0) is 92.3 Å². The average Bonchev–Trinajstić information content (AvgIpc) is 3.10. The molecule has 0 aromatic heterocycles. The van der Waals surface area contributed by atoms with Crippen LogP contribution in [0.15, 0.2) is 0 Å². The number of ether oxygens (including phenoxy) is 1. The van der Waals surface area contributed by atoms with Crippen LogP contribution >= 0.6 is 0 Å². The van der Waals surface area contributed by atoms with E-state index in [2.05, 4.69) is 34.6 Å². The van der Waals surface area contributed by atoms with Gasteiger partial charge in [0.25, 0.3) is 0 Å². The number of hydrogen-bond donors (Lipinski definition) is 1. The zero-order chi connectivity index (χ0) is 24.6. The molecular formula is C28H46O5. The second kappa shape index (κ2) is 10.1. The number of carboxylic acid groups (broad SMARTS) is 1. The van der Waals surface area contributed by atoms with Crippen molar-refractivity contribution < 1.29 is 24.2 Å². The summed E-state index contributed by atoms with van der Waals surface area (Å²) in [6.07, 6.45) is 9.10. The lowest BCUT2D eigenvalue weighted by Crippen LogP contribution is -2.52. The Labute approximate surface area is 200 Å². The minimum absolute atomic E-state index is 0.0147. The molecule has 0 aromatic carbocycles. The third-order valence-electron chi connectivity index (χ3n) is 10.3. The fraction of sp³-hybridized carbons (Fsp3) is 0.893. The predicted octanol–water partition coefficient (Wildman–Crippen LogP) is 6.28. The molecule has 0 aromatic rings. The van der Waals surface area contributed by atoms with Gasteiger partial charge in [-0.15, -0.1) is 0 Å². The minimum Gasteiger partial charge on any atom is -0.481 e. The van der Waals surface area contributed by atoms with Gasteiger partial charge in [0, 0.05) is 25.2 Å². The number of carboxylic acids is 1. The molecule has 3 rings (SSSR count). The fourth-order valence-electron chi connectivity index (χ4n) is 8.22. The molecule has 3 saturated carbocycles. The summed E-state index contributed by atoms with van der Waals surface area (Å²) >= 11 is 0. The van der Waals surface area contributed by atoms with E-state index in [4.69, 9.17) is 4.74 Å². The Morgan fingerprint density at radius 3 is 2.15 bits per heavy atom. The Kier molecular flexibility index (Phi) is 8.01. The Hall–Kier alpha value is -1.39. The lowest BCUT2D eigenvalue weighted by atomic mass is 9.49. The van der Waals surface area contributed by atoms with Crippen LogP contribution in [0, 0.1) is 46.3 Å². The van der Waals surface area contributed by atoms with Crippen molar-refractivity contribution in [2.45, 2.75) is 112 Å². The molecule has 33 heavy (non-hydrogen) atoms. The highest BCUT2D eigenvalue weighted by Crippen LogP contribution is 2.65. The fourth-order valence-corrected chi connectivity index (χ4v) is 8.22. The van der Waals surface area contributed by atoms with E-state index in [9.17, 15) is 19.5 Å². The van der Waals surface area contributed by atoms with Gasteiger partial charge in [-0.3, -0.25) is 14.4 Å². The Bertz CT molecular complexity index is 737. The van der Waals surface area contributed by atoms with Gasteiger partial charge >= 0.3 is 11.9 Å². The molecule has 0 spiro atoms. The number of carbonyl (C=O) groups excluding carboxylic acids is 2. The van der Waals surface area contributed by atoms with Crippen molar-refractivity contribution in [1.29, 1.82) is 0 Å². The van der Waals surface area contributed by atoms with Gasteiger partial charge in [-0.25, -0.2) is 0 Å². The number of hydrogen-bond acceptors (Lipinski definition) is 4. The summed E-state index contributed by atoms with van der Waals surface area (Å²) in [6.45, 7) is 12.5. The van der Waals surface area contributed by atoms with Crippen LogP contribution < -0.4 is 0 Å². The number of fused-ring (bicyclic) bond motifs is 1. The molecule has 3 aliphatic carbocycles. The predicted molar refractivity (Wildman–Crippen MR) is 129 cm³/mol. The van der Waals surface area contributed by atoms with Crippen LogP contribution in [0.2, 0.25) is 0 Å². The normalized spacial score (nSPS) is 40.5. The van der Waals surface area contributed by atoms with Gasteiger partial charge in [0.05, 0.1) is 0 Å². The largest absolute Gasteiger partial charge is 0.481 e. The van der Waals surface area contributed by atoms with E-state index in [-0.39, 0.29) is 47.1 Å². The first kappa shape index (κ1) is 26.2. The Balaban J connectivity index is 1.87. The zero-order valence-corrected chi connectivity index (χ0v) is 21.7. The maximum Gasteiger partial charge on any atom is 0.303 e. The number of ketones is 1. The molecule has 0 radical (unpaired) electrons. The molecule has 3 aliphatic rings. The molecule has 5 nitrogen and oxygen atoms in total. The molecule has 1 N–H and O–H groups in total. The van der Waals surface area contributed by atoms with E-state index >= 15 is 0 Å². The highest BCUT2D eigenvalue weighted by molar-refractivity contribution is 5.84. The van der Waals surface area contributed by atoms with Crippen LogP contribution in [0.1, 0.15) is 106 Å². The van der Waals surface area contributed by atoms with Crippen molar-refractivity contribution in [3.8, 4) is 0 Å². The van der Waals surface area contributed by atoms with Crippen molar-refractivity contribution in [3.63, 3.8) is 0 Å². The van der Waals surface area contributed by atoms with Crippen LogP contribution in [0.5, 0.6) is 0 Å². The van der Waals surface area contributed by atoms with Crippen molar-refractivity contribution in [3.05, 3.63) is 0 Å². The molecule has 5 heteroatoms. The van der Waals surface area contributed by atoms with E-state index in [0.29, 0.717) is 23.5 Å². The summed E-state index contributed by atoms with van der Waals surface area (Å²) in [6, 6.07) is 0. The van der Waals surface area contributed by atoms with Gasteiger partial charge < -0.3 is 9.84 Å². The summed E-state index contributed by atoms with van der Waals surface area (Å²) in [7, 11) is 0. The summed E-state index contributed by atoms with van der Waals surface area (Å²) < 4.78 is 5.51. The molecule has 0 amide bonds. The summed E-state index contributed by atoms with van der Waals surface area (Å²) in [5.41, 5.74) is 0.140. The third-order valence-corrected chi connectivity index (χ3v) is 10.3. The Morgan fingerprint density at radius 1 is 0.970 bits per heavy atom. The number of Topliss-reactive ketones (excluding diaryl/α,β-unsaturated/α-hetero) is 1. The van der Waals surface area contributed by atoms with Crippen molar-refractivity contribution in [2.24, 2.45) is 46.3 Å². The SMILES string of the molecule is CC[C@H](C)C(=O)C1C2CC[C@H]([C@H](C)CC(=O)O)[C@@]2(C)CCC1[C@]1(C)CC[C@H](OC(C)=O)CC1. The van der Waals surface area contributed by atoms with Crippen molar-refractivity contribution in [2.75, 3.05) is 0 Å². The topological polar surface area (TPSA) is 80.7 Å². The summed E-state index contributed by atoms with van der Waals surface area (Å²) in [4.78, 5) is 36.8. The number of aliphatic carboxylic acids is 1. The van der Waals surface area contributed by atoms with E-state index < -0.39 is 5.97 Å². The maximum atomic E-state index is 13.9. The van der Waals surface area contributed by atoms with Crippen LogP contribution in [-0.4, -0.2) is 28.9 Å². The van der Waals surface area contributed by atoms with Gasteiger partial charge in [-0.1, -0.05) is 34.6 Å². The van der Waals surface area contributed by atoms with Crippen LogP contribution in [0.3, 0.4) is 0 Å². The Morgan fingerprint density at radius 2 is 1.61 bits per heavy atom. The summed E-state index contributed by atoms with van der Waals surface area (Å²) in [5, 5.41) is 9.41. The van der Waals surface area contributed by atoms with Gasteiger partial charge in [0.1, 0.15) is 11.9 Å². The van der Waals surface area contributed by atoms with Crippen LogP contribution in [0.25, 0.3) is 0 Å². The van der Waals surface area contributed by atoms with E-state index in [1.165, 1.54) is 6.92 Å².